The molecular formula is C11H8BrF2N3O. The van der Waals surface area contributed by atoms with Crippen LogP contribution in [0.4, 0.5) is 8.78 Å². The molecular weight excluding hydrogens is 308 g/mol. The first-order valence-electron chi connectivity index (χ1n) is 5.35. The number of nitrogens with zero attached hydrogens (tertiary/aromatic N) is 3. The fraction of sp³-hybridized carbons (Fsp3) is 0.273. The predicted molar refractivity (Wildman–Crippen MR) is 62.1 cm³/mol. The summed E-state index contributed by atoms with van der Waals surface area (Å²) in [6, 6.07) is 3.11. The predicted octanol–water partition coefficient (Wildman–Crippen LogP) is 2.84. The summed E-state index contributed by atoms with van der Waals surface area (Å²) >= 11 is 3.18. The lowest BCUT2D eigenvalue weighted by Crippen LogP contribution is -2.05. The lowest BCUT2D eigenvalue weighted by Gasteiger charge is -2.12. The monoisotopic (exact) mass is 315 g/mol. The van der Waals surface area contributed by atoms with E-state index in [2.05, 4.69) is 26.0 Å². The van der Waals surface area contributed by atoms with Gasteiger partial charge in [0.25, 0.3) is 0 Å². The summed E-state index contributed by atoms with van der Waals surface area (Å²) in [6.07, 6.45) is 0.353. The summed E-state index contributed by atoms with van der Waals surface area (Å²) in [5.41, 5.74) is 0. The van der Waals surface area contributed by atoms with Gasteiger partial charge in [-0.1, -0.05) is 0 Å². The molecule has 2 aromatic rings. The molecule has 0 spiro atoms. The quantitative estimate of drug-likeness (QED) is 0.855. The maximum Gasteiger partial charge on any atom is 0.217 e. The van der Waals surface area contributed by atoms with E-state index in [0.29, 0.717) is 23.5 Å². The summed E-state index contributed by atoms with van der Waals surface area (Å²) in [6.45, 7) is 0.677. The van der Waals surface area contributed by atoms with E-state index in [4.69, 9.17) is 4.74 Å². The fourth-order valence-electron chi connectivity index (χ4n) is 1.97. The van der Waals surface area contributed by atoms with Crippen molar-refractivity contribution < 1.29 is 13.5 Å². The van der Waals surface area contributed by atoms with Gasteiger partial charge in [-0.25, -0.2) is 18.4 Å². The van der Waals surface area contributed by atoms with E-state index >= 15 is 0 Å². The number of rotatable bonds is 2. The Kier molecular flexibility index (Phi) is 2.77. The molecule has 0 saturated carbocycles. The van der Waals surface area contributed by atoms with Gasteiger partial charge >= 0.3 is 0 Å². The number of aryl methyl sites for hydroxylation is 1. The largest absolute Gasteiger partial charge is 0.482 e. The van der Waals surface area contributed by atoms with Crippen molar-refractivity contribution in [1.29, 1.82) is 0 Å². The van der Waals surface area contributed by atoms with Crippen molar-refractivity contribution in [2.45, 2.75) is 19.1 Å². The number of ether oxygens (including phenoxy) is 1. The zero-order valence-corrected chi connectivity index (χ0v) is 10.7. The number of hydrogen-bond acceptors (Lipinski definition) is 3. The van der Waals surface area contributed by atoms with Crippen molar-refractivity contribution in [1.82, 2.24) is 14.8 Å². The van der Waals surface area contributed by atoms with Crippen LogP contribution >= 0.6 is 15.9 Å². The normalized spacial score (nSPS) is 17.8. The van der Waals surface area contributed by atoms with Crippen LogP contribution in [-0.4, -0.2) is 14.8 Å². The van der Waals surface area contributed by atoms with E-state index in [0.717, 1.165) is 18.2 Å². The summed E-state index contributed by atoms with van der Waals surface area (Å²) in [5.74, 6) is -0.507. The van der Waals surface area contributed by atoms with E-state index in [1.165, 1.54) is 0 Å². The molecule has 0 amide bonds. The highest BCUT2D eigenvalue weighted by atomic mass is 79.9. The molecule has 1 aromatic heterocycles. The number of halogens is 3. The number of benzene rings is 1. The molecule has 7 heteroatoms. The standard InChI is InChI=1S/C11H8BrF2N3O/c12-11-15-10-9(1-2-17(10)16-11)18-8-4-6(13)3-7(14)5-8/h3-5,9H,1-2H2. The molecule has 1 unspecified atom stereocenters. The Labute approximate surface area is 110 Å². The minimum atomic E-state index is -0.661. The van der Waals surface area contributed by atoms with Crippen LogP contribution in [0.5, 0.6) is 5.75 Å². The SMILES string of the molecule is Fc1cc(F)cc(OC2CCn3nc(Br)nc32)c1. The van der Waals surface area contributed by atoms with Crippen LogP contribution in [0.3, 0.4) is 0 Å². The highest BCUT2D eigenvalue weighted by Crippen LogP contribution is 2.30. The lowest BCUT2D eigenvalue weighted by molar-refractivity contribution is 0.201. The van der Waals surface area contributed by atoms with E-state index in [-0.39, 0.29) is 11.9 Å². The summed E-state index contributed by atoms with van der Waals surface area (Å²) in [7, 11) is 0. The fourth-order valence-corrected chi connectivity index (χ4v) is 2.34. The molecule has 0 radical (unpaired) electrons. The van der Waals surface area contributed by atoms with Gasteiger partial charge in [0, 0.05) is 31.2 Å². The zero-order chi connectivity index (χ0) is 12.7. The van der Waals surface area contributed by atoms with Crippen LogP contribution in [0.2, 0.25) is 0 Å². The van der Waals surface area contributed by atoms with Crippen LogP contribution in [0, 0.1) is 11.6 Å². The van der Waals surface area contributed by atoms with Crippen LogP contribution in [0.1, 0.15) is 18.3 Å². The smallest absolute Gasteiger partial charge is 0.217 e. The van der Waals surface area contributed by atoms with E-state index in [9.17, 15) is 8.78 Å². The van der Waals surface area contributed by atoms with Crippen LogP contribution in [-0.2, 0) is 6.54 Å². The van der Waals surface area contributed by atoms with Gasteiger partial charge in [0.2, 0.25) is 4.73 Å². The molecule has 0 N–H and O–H groups in total. The van der Waals surface area contributed by atoms with Crippen LogP contribution in [0.25, 0.3) is 0 Å². The van der Waals surface area contributed by atoms with Gasteiger partial charge in [0.1, 0.15) is 17.4 Å². The number of fused-ring (bicyclic) bond motifs is 1. The van der Waals surface area contributed by atoms with Gasteiger partial charge in [-0.15, -0.1) is 5.10 Å². The molecule has 0 fully saturated rings. The Morgan fingerprint density at radius 3 is 2.72 bits per heavy atom. The van der Waals surface area contributed by atoms with Gasteiger partial charge in [0.05, 0.1) is 0 Å². The Morgan fingerprint density at radius 2 is 2.00 bits per heavy atom. The van der Waals surface area contributed by atoms with Crippen LogP contribution < -0.4 is 4.74 Å². The minimum absolute atomic E-state index is 0.157. The number of hydrogen-bond donors (Lipinski definition) is 0. The second-order valence-electron chi connectivity index (χ2n) is 3.96. The molecule has 3 rings (SSSR count). The highest BCUT2D eigenvalue weighted by molar-refractivity contribution is 9.10. The van der Waals surface area contributed by atoms with Crippen molar-refractivity contribution in [2.75, 3.05) is 0 Å². The van der Waals surface area contributed by atoms with Crippen LogP contribution in [0.15, 0.2) is 22.9 Å². The van der Waals surface area contributed by atoms with Crippen molar-refractivity contribution in [3.63, 3.8) is 0 Å². The van der Waals surface area contributed by atoms with E-state index < -0.39 is 11.6 Å². The molecule has 1 aliphatic heterocycles. The van der Waals surface area contributed by atoms with Gasteiger partial charge in [-0.05, 0) is 15.9 Å². The lowest BCUT2D eigenvalue weighted by atomic mass is 10.2. The Bertz CT molecular complexity index is 582. The molecule has 18 heavy (non-hydrogen) atoms. The summed E-state index contributed by atoms with van der Waals surface area (Å²) in [5, 5.41) is 4.11. The highest BCUT2D eigenvalue weighted by Gasteiger charge is 2.28. The van der Waals surface area contributed by atoms with Gasteiger partial charge in [-0.2, -0.15) is 0 Å². The Balaban J connectivity index is 1.85. The topological polar surface area (TPSA) is 39.9 Å². The third-order valence-corrected chi connectivity index (χ3v) is 3.02. The third kappa shape index (κ3) is 2.10. The van der Waals surface area contributed by atoms with Gasteiger partial charge < -0.3 is 4.74 Å². The first kappa shape index (κ1) is 11.6. The molecule has 94 valence electrons. The van der Waals surface area contributed by atoms with Crippen molar-refractivity contribution in [3.8, 4) is 5.75 Å². The van der Waals surface area contributed by atoms with Crippen molar-refractivity contribution >= 4 is 15.9 Å². The first-order chi connectivity index (χ1) is 8.61. The summed E-state index contributed by atoms with van der Waals surface area (Å²) < 4.78 is 33.8. The van der Waals surface area contributed by atoms with E-state index in [1.807, 2.05) is 0 Å². The molecule has 1 aliphatic rings. The Hall–Kier alpha value is -1.50. The minimum Gasteiger partial charge on any atom is -0.482 e. The molecule has 0 saturated heterocycles. The second kappa shape index (κ2) is 4.31. The van der Waals surface area contributed by atoms with Gasteiger partial charge in [-0.3, -0.25) is 0 Å². The molecule has 0 bridgehead atoms. The zero-order valence-electron chi connectivity index (χ0n) is 9.11. The Morgan fingerprint density at radius 1 is 1.28 bits per heavy atom. The molecule has 0 aliphatic carbocycles. The first-order valence-corrected chi connectivity index (χ1v) is 6.14. The third-order valence-electron chi connectivity index (χ3n) is 2.68. The molecule has 1 aromatic carbocycles. The van der Waals surface area contributed by atoms with E-state index in [1.54, 1.807) is 4.68 Å². The maximum absolute atomic E-state index is 13.0. The van der Waals surface area contributed by atoms with Crippen molar-refractivity contribution in [2.24, 2.45) is 0 Å². The molecule has 2 heterocycles. The average Bonchev–Trinajstić information content (AvgIpc) is 2.78. The number of aromatic nitrogens is 3. The van der Waals surface area contributed by atoms with Gasteiger partial charge in [0.15, 0.2) is 11.9 Å². The second-order valence-corrected chi connectivity index (χ2v) is 4.67. The molecule has 4 nitrogen and oxygen atoms in total. The summed E-state index contributed by atoms with van der Waals surface area (Å²) in [4.78, 5) is 4.17. The average molecular weight is 316 g/mol. The van der Waals surface area contributed by atoms with Crippen molar-refractivity contribution in [3.05, 3.63) is 40.4 Å². The molecule has 1 atom stereocenters. The maximum atomic E-state index is 13.0.